The summed E-state index contributed by atoms with van der Waals surface area (Å²) in [4.78, 5) is 6.83. The van der Waals surface area contributed by atoms with Crippen LogP contribution in [-0.4, -0.2) is 35.3 Å². The maximum absolute atomic E-state index is 5.71. The molecule has 2 atom stereocenters. The molecule has 0 unspecified atom stereocenters. The Morgan fingerprint density at radius 3 is 2.71 bits per heavy atom. The van der Waals surface area contributed by atoms with Crippen molar-refractivity contribution in [2.75, 3.05) is 18.0 Å². The van der Waals surface area contributed by atoms with Crippen LogP contribution < -0.4 is 10.6 Å². The number of aromatic nitrogens is 1. The van der Waals surface area contributed by atoms with E-state index in [0.29, 0.717) is 10.7 Å². The number of hydrogen-bond donors (Lipinski definition) is 1. The molecule has 1 aromatic heterocycles. The van der Waals surface area contributed by atoms with Crippen molar-refractivity contribution in [3.05, 3.63) is 24.0 Å². The number of hydrogen-bond acceptors (Lipinski definition) is 4. The largest absolute Gasteiger partial charge is 0.388 e. The second kappa shape index (κ2) is 4.98. The van der Waals surface area contributed by atoms with E-state index in [1.807, 2.05) is 12.1 Å². The quantitative estimate of drug-likeness (QED) is 0.804. The average Bonchev–Trinajstić information content (AvgIpc) is 2.27. The van der Waals surface area contributed by atoms with Gasteiger partial charge in [-0.1, -0.05) is 12.2 Å². The standard InChI is InChI=1S/C12H17N3OS/c1-8-6-15(7-9(2)16-8)10-4-3-5-14-11(10)12(13)17/h3-5,8-9H,6-7H2,1-2H3,(H2,13,17)/t8-,9+. The van der Waals surface area contributed by atoms with E-state index in [2.05, 4.69) is 23.7 Å². The minimum absolute atomic E-state index is 0.207. The van der Waals surface area contributed by atoms with Gasteiger partial charge in [0.2, 0.25) is 0 Å². The summed E-state index contributed by atoms with van der Waals surface area (Å²) in [6.45, 7) is 5.82. The van der Waals surface area contributed by atoms with E-state index in [-0.39, 0.29) is 12.2 Å². The van der Waals surface area contributed by atoms with Crippen LogP contribution in [0.2, 0.25) is 0 Å². The molecule has 1 saturated heterocycles. The van der Waals surface area contributed by atoms with Crippen LogP contribution in [0, 0.1) is 0 Å². The number of morpholine rings is 1. The lowest BCUT2D eigenvalue weighted by Gasteiger charge is -2.37. The van der Waals surface area contributed by atoms with E-state index in [1.165, 1.54) is 0 Å². The molecule has 4 nitrogen and oxygen atoms in total. The van der Waals surface area contributed by atoms with E-state index in [1.54, 1.807) is 6.20 Å². The maximum atomic E-state index is 5.71. The first-order valence-electron chi connectivity index (χ1n) is 5.73. The predicted molar refractivity (Wildman–Crippen MR) is 72.3 cm³/mol. The topological polar surface area (TPSA) is 51.4 Å². The number of pyridine rings is 1. The van der Waals surface area contributed by atoms with Crippen LogP contribution in [0.4, 0.5) is 5.69 Å². The molecule has 1 aliphatic heterocycles. The van der Waals surface area contributed by atoms with Gasteiger partial charge in [-0.2, -0.15) is 0 Å². The summed E-state index contributed by atoms with van der Waals surface area (Å²) in [6, 6.07) is 3.91. The fourth-order valence-electron chi connectivity index (χ4n) is 2.22. The minimum atomic E-state index is 0.207. The molecule has 17 heavy (non-hydrogen) atoms. The Morgan fingerprint density at radius 1 is 1.47 bits per heavy atom. The summed E-state index contributed by atoms with van der Waals surface area (Å²) < 4.78 is 5.71. The molecule has 2 N–H and O–H groups in total. The number of anilines is 1. The highest BCUT2D eigenvalue weighted by Gasteiger charge is 2.24. The van der Waals surface area contributed by atoms with Crippen molar-refractivity contribution >= 4 is 22.9 Å². The van der Waals surface area contributed by atoms with Crippen LogP contribution in [0.5, 0.6) is 0 Å². The van der Waals surface area contributed by atoms with E-state index >= 15 is 0 Å². The van der Waals surface area contributed by atoms with Crippen molar-refractivity contribution in [2.45, 2.75) is 26.1 Å². The second-order valence-corrected chi connectivity index (χ2v) is 4.84. The first-order chi connectivity index (χ1) is 8.08. The Kier molecular flexibility index (Phi) is 3.59. The molecule has 1 aliphatic rings. The van der Waals surface area contributed by atoms with Crippen molar-refractivity contribution in [3.63, 3.8) is 0 Å². The molecule has 0 aliphatic carbocycles. The molecule has 1 aromatic rings. The van der Waals surface area contributed by atoms with Crippen LogP contribution in [0.1, 0.15) is 19.5 Å². The Bertz CT molecular complexity index is 414. The van der Waals surface area contributed by atoms with Gasteiger partial charge in [0.1, 0.15) is 10.7 Å². The van der Waals surface area contributed by atoms with Gasteiger partial charge in [-0.15, -0.1) is 0 Å². The second-order valence-electron chi connectivity index (χ2n) is 4.40. The smallest absolute Gasteiger partial charge is 0.124 e. The first-order valence-corrected chi connectivity index (χ1v) is 6.14. The molecule has 0 aromatic carbocycles. The summed E-state index contributed by atoms with van der Waals surface area (Å²) in [5.41, 5.74) is 7.40. The summed E-state index contributed by atoms with van der Waals surface area (Å²) in [5.74, 6) is 0. The highest BCUT2D eigenvalue weighted by molar-refractivity contribution is 7.80. The lowest BCUT2D eigenvalue weighted by atomic mass is 10.2. The van der Waals surface area contributed by atoms with Gasteiger partial charge in [-0.25, -0.2) is 0 Å². The predicted octanol–water partition coefficient (Wildman–Crippen LogP) is 1.33. The molecule has 2 rings (SSSR count). The minimum Gasteiger partial charge on any atom is -0.388 e. The zero-order valence-electron chi connectivity index (χ0n) is 10.1. The van der Waals surface area contributed by atoms with Gasteiger partial charge in [0.25, 0.3) is 0 Å². The SMILES string of the molecule is C[C@@H]1CN(c2cccnc2C(N)=S)C[C@H](C)O1. The van der Waals surface area contributed by atoms with Gasteiger partial charge in [0.05, 0.1) is 17.9 Å². The van der Waals surface area contributed by atoms with Gasteiger partial charge >= 0.3 is 0 Å². The monoisotopic (exact) mass is 251 g/mol. The molecular weight excluding hydrogens is 234 g/mol. The number of rotatable bonds is 2. The van der Waals surface area contributed by atoms with Crippen molar-refractivity contribution in [2.24, 2.45) is 5.73 Å². The lowest BCUT2D eigenvalue weighted by molar-refractivity contribution is -0.00524. The zero-order chi connectivity index (χ0) is 12.4. The van der Waals surface area contributed by atoms with Crippen molar-refractivity contribution in [1.82, 2.24) is 4.98 Å². The molecule has 0 radical (unpaired) electrons. The third-order valence-corrected chi connectivity index (χ3v) is 2.97. The molecule has 2 heterocycles. The Labute approximate surface area is 107 Å². The summed E-state index contributed by atoms with van der Waals surface area (Å²) in [5, 5.41) is 0. The highest BCUT2D eigenvalue weighted by Crippen LogP contribution is 2.22. The molecule has 0 saturated carbocycles. The third kappa shape index (κ3) is 2.73. The average molecular weight is 251 g/mol. The van der Waals surface area contributed by atoms with Crippen LogP contribution in [0.25, 0.3) is 0 Å². The normalized spacial score (nSPS) is 24.7. The summed E-state index contributed by atoms with van der Waals surface area (Å²) in [7, 11) is 0. The number of nitrogens with two attached hydrogens (primary N) is 1. The van der Waals surface area contributed by atoms with Gasteiger partial charge in [0, 0.05) is 19.3 Å². The maximum Gasteiger partial charge on any atom is 0.124 e. The van der Waals surface area contributed by atoms with Crippen LogP contribution in [-0.2, 0) is 4.74 Å². The van der Waals surface area contributed by atoms with Gasteiger partial charge in [-0.3, -0.25) is 4.98 Å². The summed E-state index contributed by atoms with van der Waals surface area (Å²) in [6.07, 6.45) is 2.13. The van der Waals surface area contributed by atoms with Gasteiger partial charge in [0.15, 0.2) is 0 Å². The Balaban J connectivity index is 2.30. The third-order valence-electron chi connectivity index (χ3n) is 2.78. The van der Waals surface area contributed by atoms with Crippen molar-refractivity contribution in [3.8, 4) is 0 Å². The van der Waals surface area contributed by atoms with Crippen molar-refractivity contribution in [1.29, 1.82) is 0 Å². The van der Waals surface area contributed by atoms with Gasteiger partial charge < -0.3 is 15.4 Å². The molecule has 0 spiro atoms. The van der Waals surface area contributed by atoms with Crippen LogP contribution in [0.15, 0.2) is 18.3 Å². The first kappa shape index (κ1) is 12.3. The Hall–Kier alpha value is -1.20. The van der Waals surface area contributed by atoms with Gasteiger partial charge in [-0.05, 0) is 26.0 Å². The lowest BCUT2D eigenvalue weighted by Crippen LogP contribution is -2.46. The molecule has 0 bridgehead atoms. The van der Waals surface area contributed by atoms with E-state index < -0.39 is 0 Å². The zero-order valence-corrected chi connectivity index (χ0v) is 10.9. The fraction of sp³-hybridized carbons (Fsp3) is 0.500. The molecule has 5 heteroatoms. The number of nitrogens with zero attached hydrogens (tertiary/aromatic N) is 2. The molecule has 0 amide bonds. The molecular formula is C12H17N3OS. The summed E-state index contributed by atoms with van der Waals surface area (Å²) >= 11 is 5.04. The molecule has 1 fully saturated rings. The fourth-order valence-corrected chi connectivity index (χ4v) is 2.37. The van der Waals surface area contributed by atoms with E-state index in [9.17, 15) is 0 Å². The van der Waals surface area contributed by atoms with Crippen LogP contribution >= 0.6 is 12.2 Å². The number of thiocarbonyl (C=S) groups is 1. The molecule has 92 valence electrons. The van der Waals surface area contributed by atoms with Crippen molar-refractivity contribution < 1.29 is 4.74 Å². The number of ether oxygens (including phenoxy) is 1. The van der Waals surface area contributed by atoms with Crippen LogP contribution in [0.3, 0.4) is 0 Å². The highest BCUT2D eigenvalue weighted by atomic mass is 32.1. The Morgan fingerprint density at radius 2 is 2.12 bits per heavy atom. The van der Waals surface area contributed by atoms with E-state index in [4.69, 9.17) is 22.7 Å². The van der Waals surface area contributed by atoms with E-state index in [0.717, 1.165) is 18.8 Å².